The smallest absolute Gasteiger partial charge is 0.123 e. The minimum absolute atomic E-state index is 0.226. The zero-order chi connectivity index (χ0) is 9.26. The number of hydrogen-bond donors (Lipinski definition) is 0. The Balaban J connectivity index is 2.28. The largest absolute Gasteiger partial charge is 0.493 e. The second-order valence-corrected chi connectivity index (χ2v) is 3.40. The van der Waals surface area contributed by atoms with E-state index in [0.29, 0.717) is 5.92 Å². The number of fused-ring (bicyclic) bond motifs is 1. The summed E-state index contributed by atoms with van der Waals surface area (Å²) in [6.07, 6.45) is 0.226. The highest BCUT2D eigenvalue weighted by molar-refractivity contribution is 5.40. The first kappa shape index (κ1) is 8.57. The quantitative estimate of drug-likeness (QED) is 0.691. The number of ether oxygens (including phenoxy) is 2. The van der Waals surface area contributed by atoms with Crippen LogP contribution >= 0.6 is 0 Å². The van der Waals surface area contributed by atoms with Crippen LogP contribution in [-0.4, -0.2) is 19.8 Å². The summed E-state index contributed by atoms with van der Waals surface area (Å²) < 4.78 is 10.9. The third-order valence-corrected chi connectivity index (χ3v) is 2.68. The van der Waals surface area contributed by atoms with Crippen molar-refractivity contribution in [2.24, 2.45) is 0 Å². The highest BCUT2D eigenvalue weighted by Crippen LogP contribution is 2.35. The molecule has 0 aromatic heterocycles. The highest BCUT2D eigenvalue weighted by atomic mass is 16.5. The monoisotopic (exact) mass is 178 g/mol. The Bertz CT molecular complexity index is 296. The molecule has 0 fully saturated rings. The Hall–Kier alpha value is -1.02. The van der Waals surface area contributed by atoms with E-state index in [1.165, 1.54) is 5.56 Å². The predicted octanol–water partition coefficient (Wildman–Crippen LogP) is 2.20. The van der Waals surface area contributed by atoms with Gasteiger partial charge in [0.25, 0.3) is 0 Å². The lowest BCUT2D eigenvalue weighted by Gasteiger charge is -2.15. The molecule has 0 aliphatic carbocycles. The molecule has 2 heteroatoms. The van der Waals surface area contributed by atoms with Gasteiger partial charge in [-0.3, -0.25) is 0 Å². The fraction of sp³-hybridized carbons (Fsp3) is 0.455. The van der Waals surface area contributed by atoms with Crippen LogP contribution in [0.4, 0.5) is 0 Å². The topological polar surface area (TPSA) is 18.5 Å². The molecule has 13 heavy (non-hydrogen) atoms. The lowest BCUT2D eigenvalue weighted by Crippen LogP contribution is -2.18. The van der Waals surface area contributed by atoms with Gasteiger partial charge in [-0.15, -0.1) is 0 Å². The summed E-state index contributed by atoms with van der Waals surface area (Å²) in [6.45, 7) is 2.82. The van der Waals surface area contributed by atoms with Crippen molar-refractivity contribution < 1.29 is 9.47 Å². The van der Waals surface area contributed by atoms with E-state index in [4.69, 9.17) is 9.47 Å². The molecule has 2 unspecified atom stereocenters. The summed E-state index contributed by atoms with van der Waals surface area (Å²) in [6, 6.07) is 8.17. The average molecular weight is 178 g/mol. The van der Waals surface area contributed by atoms with Crippen molar-refractivity contribution in [3.63, 3.8) is 0 Å². The van der Waals surface area contributed by atoms with E-state index in [-0.39, 0.29) is 6.10 Å². The van der Waals surface area contributed by atoms with Crippen molar-refractivity contribution >= 4 is 0 Å². The third-order valence-electron chi connectivity index (χ3n) is 2.68. The highest BCUT2D eigenvalue weighted by Gasteiger charge is 2.28. The molecule has 1 aliphatic heterocycles. The number of rotatable bonds is 2. The third kappa shape index (κ3) is 1.42. The molecule has 0 radical (unpaired) electrons. The van der Waals surface area contributed by atoms with Gasteiger partial charge in [-0.05, 0) is 13.0 Å². The maximum atomic E-state index is 5.55. The fourth-order valence-corrected chi connectivity index (χ4v) is 1.74. The molecule has 2 atom stereocenters. The number of hydrogen-bond acceptors (Lipinski definition) is 2. The molecule has 0 saturated heterocycles. The van der Waals surface area contributed by atoms with E-state index in [0.717, 1.165) is 12.4 Å². The molecule has 1 aliphatic rings. The van der Waals surface area contributed by atoms with Gasteiger partial charge < -0.3 is 9.47 Å². The molecular formula is C11H14O2. The lowest BCUT2D eigenvalue weighted by molar-refractivity contribution is 0.0859. The lowest BCUT2D eigenvalue weighted by atomic mass is 9.96. The maximum absolute atomic E-state index is 5.55. The molecule has 0 bridgehead atoms. The summed E-state index contributed by atoms with van der Waals surface area (Å²) in [7, 11) is 1.74. The predicted molar refractivity (Wildman–Crippen MR) is 51.1 cm³/mol. The summed E-state index contributed by atoms with van der Waals surface area (Å²) in [5.41, 5.74) is 1.27. The van der Waals surface area contributed by atoms with Crippen molar-refractivity contribution in [1.29, 1.82) is 0 Å². The first-order chi connectivity index (χ1) is 6.33. The van der Waals surface area contributed by atoms with Gasteiger partial charge in [0.2, 0.25) is 0 Å². The van der Waals surface area contributed by atoms with Gasteiger partial charge >= 0.3 is 0 Å². The van der Waals surface area contributed by atoms with Gasteiger partial charge in [0.05, 0.1) is 12.7 Å². The maximum Gasteiger partial charge on any atom is 0.123 e. The van der Waals surface area contributed by atoms with Gasteiger partial charge in [0, 0.05) is 18.6 Å². The Labute approximate surface area is 78.5 Å². The van der Waals surface area contributed by atoms with Gasteiger partial charge in [-0.1, -0.05) is 18.2 Å². The van der Waals surface area contributed by atoms with E-state index in [1.807, 2.05) is 18.2 Å². The van der Waals surface area contributed by atoms with Crippen LogP contribution in [0.2, 0.25) is 0 Å². The number of benzene rings is 1. The molecule has 1 heterocycles. The average Bonchev–Trinajstić information content (AvgIpc) is 2.60. The Morgan fingerprint density at radius 3 is 3.00 bits per heavy atom. The second-order valence-electron chi connectivity index (χ2n) is 3.40. The van der Waals surface area contributed by atoms with E-state index in [2.05, 4.69) is 13.0 Å². The first-order valence-corrected chi connectivity index (χ1v) is 4.57. The summed E-state index contributed by atoms with van der Waals surface area (Å²) in [4.78, 5) is 0. The SMILES string of the molecule is COC(C)C1COc2ccccc21. The van der Waals surface area contributed by atoms with Crippen LogP contribution in [0.15, 0.2) is 24.3 Å². The van der Waals surface area contributed by atoms with Crippen LogP contribution < -0.4 is 4.74 Å². The fourth-order valence-electron chi connectivity index (χ4n) is 1.74. The summed E-state index contributed by atoms with van der Waals surface area (Å²) in [5.74, 6) is 1.40. The van der Waals surface area contributed by atoms with Crippen molar-refractivity contribution in [3.05, 3.63) is 29.8 Å². The molecule has 1 aromatic rings. The van der Waals surface area contributed by atoms with Crippen molar-refractivity contribution in [1.82, 2.24) is 0 Å². The molecule has 0 N–H and O–H groups in total. The summed E-state index contributed by atoms with van der Waals surface area (Å²) >= 11 is 0. The van der Waals surface area contributed by atoms with Gasteiger partial charge in [0.15, 0.2) is 0 Å². The van der Waals surface area contributed by atoms with Crippen molar-refractivity contribution in [2.45, 2.75) is 18.9 Å². The van der Waals surface area contributed by atoms with Gasteiger partial charge in [-0.25, -0.2) is 0 Å². The van der Waals surface area contributed by atoms with Crippen LogP contribution in [0.1, 0.15) is 18.4 Å². The molecule has 2 nitrogen and oxygen atoms in total. The van der Waals surface area contributed by atoms with Crippen molar-refractivity contribution in [2.75, 3.05) is 13.7 Å². The van der Waals surface area contributed by atoms with E-state index in [1.54, 1.807) is 7.11 Å². The van der Waals surface area contributed by atoms with E-state index in [9.17, 15) is 0 Å². The van der Waals surface area contributed by atoms with Crippen LogP contribution in [-0.2, 0) is 4.74 Å². The normalized spacial score (nSPS) is 22.2. The number of para-hydroxylation sites is 1. The molecule has 1 aromatic carbocycles. The van der Waals surface area contributed by atoms with Crippen molar-refractivity contribution in [3.8, 4) is 5.75 Å². The van der Waals surface area contributed by atoms with Crippen LogP contribution in [0.3, 0.4) is 0 Å². The molecule has 0 saturated carbocycles. The zero-order valence-corrected chi connectivity index (χ0v) is 7.99. The van der Waals surface area contributed by atoms with Gasteiger partial charge in [0.1, 0.15) is 5.75 Å². The Kier molecular flexibility index (Phi) is 2.23. The summed E-state index contributed by atoms with van der Waals surface area (Å²) in [5, 5.41) is 0. The van der Waals surface area contributed by atoms with E-state index < -0.39 is 0 Å². The minimum atomic E-state index is 0.226. The molecule has 0 amide bonds. The first-order valence-electron chi connectivity index (χ1n) is 4.57. The standard InChI is InChI=1S/C11H14O2/c1-8(12-2)10-7-13-11-6-4-3-5-9(10)11/h3-6,8,10H,7H2,1-2H3. The van der Waals surface area contributed by atoms with E-state index >= 15 is 0 Å². The Morgan fingerprint density at radius 2 is 2.23 bits per heavy atom. The molecular weight excluding hydrogens is 164 g/mol. The van der Waals surface area contributed by atoms with Crippen LogP contribution in [0.5, 0.6) is 5.75 Å². The minimum Gasteiger partial charge on any atom is -0.493 e. The van der Waals surface area contributed by atoms with Crippen LogP contribution in [0.25, 0.3) is 0 Å². The Morgan fingerprint density at radius 1 is 1.46 bits per heavy atom. The number of methoxy groups -OCH3 is 1. The molecule has 2 rings (SSSR count). The van der Waals surface area contributed by atoms with Crippen LogP contribution in [0, 0.1) is 0 Å². The molecule has 0 spiro atoms. The molecule has 70 valence electrons. The second kappa shape index (κ2) is 3.38. The zero-order valence-electron chi connectivity index (χ0n) is 7.99. The van der Waals surface area contributed by atoms with Gasteiger partial charge in [-0.2, -0.15) is 0 Å².